The minimum atomic E-state index is -0.0409. The van der Waals surface area contributed by atoms with Crippen molar-refractivity contribution in [1.29, 1.82) is 0 Å². The third-order valence-corrected chi connectivity index (χ3v) is 3.25. The standard InChI is InChI=1S/C13H17NO2/c1-2-11(9-15)14-8-7-10-5-3-4-6-12(10)13(14)16/h3-6,11,15H,2,7-9H2,1H3. The molecule has 0 radical (unpaired) electrons. The van der Waals surface area contributed by atoms with E-state index in [0.29, 0.717) is 0 Å². The van der Waals surface area contributed by atoms with Gasteiger partial charge in [-0.15, -0.1) is 0 Å². The van der Waals surface area contributed by atoms with Crippen molar-refractivity contribution >= 4 is 5.91 Å². The number of fused-ring (bicyclic) bond motifs is 1. The molecule has 1 heterocycles. The average molecular weight is 219 g/mol. The van der Waals surface area contributed by atoms with Crippen molar-refractivity contribution in [1.82, 2.24) is 4.90 Å². The zero-order valence-electron chi connectivity index (χ0n) is 9.52. The maximum absolute atomic E-state index is 12.2. The fourth-order valence-electron chi connectivity index (χ4n) is 2.24. The number of aliphatic hydroxyl groups is 1. The molecule has 3 nitrogen and oxygen atoms in total. The highest BCUT2D eigenvalue weighted by Crippen LogP contribution is 2.21. The van der Waals surface area contributed by atoms with Gasteiger partial charge in [-0.05, 0) is 24.5 Å². The molecule has 1 unspecified atom stereocenters. The van der Waals surface area contributed by atoms with Crippen LogP contribution in [0.1, 0.15) is 29.3 Å². The first-order valence-corrected chi connectivity index (χ1v) is 5.77. The number of aliphatic hydroxyl groups excluding tert-OH is 1. The number of benzene rings is 1. The van der Waals surface area contributed by atoms with E-state index in [1.54, 1.807) is 4.90 Å². The summed E-state index contributed by atoms with van der Waals surface area (Å²) in [6, 6.07) is 7.68. The summed E-state index contributed by atoms with van der Waals surface area (Å²) in [5.41, 5.74) is 1.91. The first-order valence-electron chi connectivity index (χ1n) is 5.77. The Hall–Kier alpha value is -1.35. The molecule has 0 saturated heterocycles. The molecule has 3 heteroatoms. The minimum absolute atomic E-state index is 0.0409. The maximum Gasteiger partial charge on any atom is 0.254 e. The monoisotopic (exact) mass is 219 g/mol. The topological polar surface area (TPSA) is 40.5 Å². The lowest BCUT2D eigenvalue weighted by Gasteiger charge is -2.34. The van der Waals surface area contributed by atoms with Gasteiger partial charge in [0.15, 0.2) is 0 Å². The zero-order valence-corrected chi connectivity index (χ0v) is 9.52. The van der Waals surface area contributed by atoms with Crippen LogP contribution in [0.2, 0.25) is 0 Å². The predicted molar refractivity (Wildman–Crippen MR) is 62.3 cm³/mol. The summed E-state index contributed by atoms with van der Waals surface area (Å²) in [6.45, 7) is 2.76. The van der Waals surface area contributed by atoms with E-state index in [9.17, 15) is 9.90 Å². The van der Waals surface area contributed by atoms with Crippen LogP contribution >= 0.6 is 0 Å². The van der Waals surface area contributed by atoms with E-state index in [1.165, 1.54) is 0 Å². The number of carbonyl (C=O) groups is 1. The Balaban J connectivity index is 2.27. The average Bonchev–Trinajstić information content (AvgIpc) is 2.34. The molecule has 1 aliphatic heterocycles. The van der Waals surface area contributed by atoms with Gasteiger partial charge >= 0.3 is 0 Å². The first kappa shape index (κ1) is 11.1. The molecule has 2 rings (SSSR count). The van der Waals surface area contributed by atoms with Gasteiger partial charge in [0.05, 0.1) is 12.6 Å². The molecular weight excluding hydrogens is 202 g/mol. The molecule has 1 aliphatic rings. The van der Waals surface area contributed by atoms with Crippen molar-refractivity contribution in [3.8, 4) is 0 Å². The zero-order chi connectivity index (χ0) is 11.5. The summed E-state index contributed by atoms with van der Waals surface area (Å²) in [7, 11) is 0. The Morgan fingerprint density at radius 2 is 2.19 bits per heavy atom. The molecule has 86 valence electrons. The second kappa shape index (κ2) is 4.66. The Bertz CT molecular complexity index is 385. The van der Waals surface area contributed by atoms with E-state index in [2.05, 4.69) is 0 Å². The Morgan fingerprint density at radius 3 is 2.88 bits per heavy atom. The number of carbonyl (C=O) groups excluding carboxylic acids is 1. The smallest absolute Gasteiger partial charge is 0.254 e. The molecule has 0 aliphatic carbocycles. The van der Waals surface area contributed by atoms with Gasteiger partial charge in [0.25, 0.3) is 5.91 Å². The van der Waals surface area contributed by atoms with Crippen LogP contribution in [-0.4, -0.2) is 35.1 Å². The number of rotatable bonds is 3. The van der Waals surface area contributed by atoms with Gasteiger partial charge in [-0.25, -0.2) is 0 Å². The van der Waals surface area contributed by atoms with Crippen LogP contribution in [0.4, 0.5) is 0 Å². The largest absolute Gasteiger partial charge is 0.394 e. The van der Waals surface area contributed by atoms with Crippen LogP contribution in [0.3, 0.4) is 0 Å². The number of nitrogens with zero attached hydrogens (tertiary/aromatic N) is 1. The summed E-state index contributed by atoms with van der Waals surface area (Å²) < 4.78 is 0. The van der Waals surface area contributed by atoms with Crippen molar-refractivity contribution in [2.75, 3.05) is 13.2 Å². The van der Waals surface area contributed by atoms with Crippen molar-refractivity contribution in [2.45, 2.75) is 25.8 Å². The highest BCUT2D eigenvalue weighted by molar-refractivity contribution is 5.96. The highest BCUT2D eigenvalue weighted by Gasteiger charge is 2.28. The molecule has 0 saturated carbocycles. The summed E-state index contributed by atoms with van der Waals surface area (Å²) in [4.78, 5) is 14.0. The molecular formula is C13H17NO2. The molecule has 16 heavy (non-hydrogen) atoms. The second-order valence-corrected chi connectivity index (χ2v) is 4.15. The van der Waals surface area contributed by atoms with Crippen LogP contribution in [0.15, 0.2) is 24.3 Å². The van der Waals surface area contributed by atoms with Crippen molar-refractivity contribution in [3.05, 3.63) is 35.4 Å². The maximum atomic E-state index is 12.2. The van der Waals surface area contributed by atoms with Gasteiger partial charge in [0, 0.05) is 12.1 Å². The van der Waals surface area contributed by atoms with Crippen molar-refractivity contribution < 1.29 is 9.90 Å². The Morgan fingerprint density at radius 1 is 1.44 bits per heavy atom. The molecule has 1 amide bonds. The number of hydrogen-bond acceptors (Lipinski definition) is 2. The minimum Gasteiger partial charge on any atom is -0.394 e. The van der Waals surface area contributed by atoms with Gasteiger partial charge in [-0.1, -0.05) is 25.1 Å². The van der Waals surface area contributed by atoms with Gasteiger partial charge in [0.1, 0.15) is 0 Å². The summed E-state index contributed by atoms with van der Waals surface area (Å²) in [5, 5.41) is 9.25. The van der Waals surface area contributed by atoms with Gasteiger partial charge in [0.2, 0.25) is 0 Å². The summed E-state index contributed by atoms with van der Waals surface area (Å²) in [6.07, 6.45) is 1.68. The summed E-state index contributed by atoms with van der Waals surface area (Å²) >= 11 is 0. The van der Waals surface area contributed by atoms with E-state index in [0.717, 1.165) is 30.5 Å². The molecule has 0 aromatic heterocycles. The lowest BCUT2D eigenvalue weighted by molar-refractivity contribution is 0.0566. The lowest BCUT2D eigenvalue weighted by atomic mass is 9.97. The van der Waals surface area contributed by atoms with Gasteiger partial charge in [-0.2, -0.15) is 0 Å². The lowest BCUT2D eigenvalue weighted by Crippen LogP contribution is -2.46. The predicted octanol–water partition coefficient (Wildman–Crippen LogP) is 1.46. The van der Waals surface area contributed by atoms with Crippen molar-refractivity contribution in [2.24, 2.45) is 0 Å². The fourth-order valence-corrected chi connectivity index (χ4v) is 2.24. The molecule has 1 atom stereocenters. The summed E-state index contributed by atoms with van der Waals surface area (Å²) in [5.74, 6) is 0.0581. The molecule has 1 aromatic carbocycles. The Kier molecular flexibility index (Phi) is 3.25. The van der Waals surface area contributed by atoms with Crippen LogP contribution in [-0.2, 0) is 6.42 Å². The van der Waals surface area contributed by atoms with E-state index in [-0.39, 0.29) is 18.6 Å². The van der Waals surface area contributed by atoms with E-state index in [1.807, 2.05) is 31.2 Å². The number of hydrogen-bond donors (Lipinski definition) is 1. The molecule has 0 bridgehead atoms. The molecule has 0 spiro atoms. The van der Waals surface area contributed by atoms with E-state index >= 15 is 0 Å². The quantitative estimate of drug-likeness (QED) is 0.836. The molecule has 0 fully saturated rings. The molecule has 1 aromatic rings. The van der Waals surface area contributed by atoms with E-state index in [4.69, 9.17) is 0 Å². The van der Waals surface area contributed by atoms with Crippen LogP contribution < -0.4 is 0 Å². The number of amides is 1. The van der Waals surface area contributed by atoms with Crippen LogP contribution in [0.25, 0.3) is 0 Å². The van der Waals surface area contributed by atoms with Crippen molar-refractivity contribution in [3.63, 3.8) is 0 Å². The highest BCUT2D eigenvalue weighted by atomic mass is 16.3. The second-order valence-electron chi connectivity index (χ2n) is 4.15. The Labute approximate surface area is 95.7 Å². The third kappa shape index (κ3) is 1.83. The van der Waals surface area contributed by atoms with Gasteiger partial charge in [-0.3, -0.25) is 4.79 Å². The van der Waals surface area contributed by atoms with E-state index < -0.39 is 0 Å². The van der Waals surface area contributed by atoms with Crippen LogP contribution in [0.5, 0.6) is 0 Å². The van der Waals surface area contributed by atoms with Crippen LogP contribution in [0, 0.1) is 0 Å². The first-order chi connectivity index (χ1) is 7.77. The fraction of sp³-hybridized carbons (Fsp3) is 0.462. The molecule has 1 N–H and O–H groups in total. The van der Waals surface area contributed by atoms with Gasteiger partial charge < -0.3 is 10.0 Å². The normalized spacial score (nSPS) is 17.1. The third-order valence-electron chi connectivity index (χ3n) is 3.25. The SMILES string of the molecule is CCC(CO)N1CCc2ccccc2C1=O.